The molecular formula is C60H46N8O16Zn. The summed E-state index contributed by atoms with van der Waals surface area (Å²) in [4.78, 5) is 46.5. The summed E-state index contributed by atoms with van der Waals surface area (Å²) in [7, 11) is 0. The quantitative estimate of drug-likeness (QED) is 0.0778. The smallest absolute Gasteiger partial charge is 0.544 e. The van der Waals surface area contributed by atoms with Gasteiger partial charge in [-0.2, -0.15) is 0 Å². The van der Waals surface area contributed by atoms with Crippen molar-refractivity contribution in [1.29, 1.82) is 0 Å². The third-order valence-electron chi connectivity index (χ3n) is 12.7. The third-order valence-corrected chi connectivity index (χ3v) is 12.7. The van der Waals surface area contributed by atoms with Gasteiger partial charge in [-0.25, -0.2) is 9.59 Å². The second kappa shape index (κ2) is 25.6. The van der Waals surface area contributed by atoms with Gasteiger partial charge in [0.25, 0.3) is 11.4 Å². The summed E-state index contributed by atoms with van der Waals surface area (Å²) in [5, 5.41) is 97.5. The van der Waals surface area contributed by atoms with Crippen molar-refractivity contribution in [2.45, 2.75) is 22.9 Å². The molecule has 8 aromatic carbocycles. The van der Waals surface area contributed by atoms with E-state index in [1.54, 1.807) is 146 Å². The van der Waals surface area contributed by atoms with Crippen molar-refractivity contribution >= 4 is 47.5 Å². The van der Waals surface area contributed by atoms with Gasteiger partial charge in [-0.05, 0) is 97.1 Å². The Hall–Kier alpha value is -11.5. The van der Waals surface area contributed by atoms with Crippen molar-refractivity contribution in [2.75, 3.05) is 0 Å². The predicted octanol–water partition coefficient (Wildman–Crippen LogP) is 3.77. The summed E-state index contributed by atoms with van der Waals surface area (Å²) < 4.78 is 22.0. The van der Waals surface area contributed by atoms with Crippen molar-refractivity contribution < 1.29 is 98.5 Å². The van der Waals surface area contributed by atoms with Gasteiger partial charge in [0.2, 0.25) is 23.6 Å². The standard InChI is InChI=1S/4C15H12N2O4.Zn/c4*18-12-9-5-4-8-11(12)15(14(19)20)17-16-13(21-15)10-6-2-1-3-7-10;/h4*1-9,17-18H,(H,19,20);/q;;;;+2/p-2. The first-order valence-corrected chi connectivity index (χ1v) is 24.9. The van der Waals surface area contributed by atoms with E-state index in [-0.39, 0.29) is 88.3 Å². The van der Waals surface area contributed by atoms with Gasteiger partial charge in [0.1, 0.15) is 34.9 Å². The molecule has 85 heavy (non-hydrogen) atoms. The number of para-hydroxylation sites is 4. The van der Waals surface area contributed by atoms with E-state index in [1.165, 1.54) is 48.5 Å². The molecule has 4 aliphatic heterocycles. The summed E-state index contributed by atoms with van der Waals surface area (Å²) in [5.41, 5.74) is 4.59. The zero-order valence-electron chi connectivity index (χ0n) is 44.0. The molecule has 4 atom stereocenters. The Morgan fingerprint density at radius 3 is 0.718 bits per heavy atom. The van der Waals surface area contributed by atoms with Gasteiger partial charge in [0, 0.05) is 22.3 Å². The van der Waals surface area contributed by atoms with Crippen LogP contribution in [-0.4, -0.2) is 78.1 Å². The second-order valence-electron chi connectivity index (χ2n) is 18.0. The van der Waals surface area contributed by atoms with Gasteiger partial charge in [-0.15, -0.1) is 20.4 Å². The summed E-state index contributed by atoms with van der Waals surface area (Å²) >= 11 is 0. The molecule has 0 aromatic heterocycles. The number of carbonyl (C=O) groups excluding carboxylic acids is 2. The molecule has 0 radical (unpaired) electrons. The normalized spacial score (nSPS) is 20.0. The van der Waals surface area contributed by atoms with E-state index >= 15 is 0 Å². The molecule has 0 bridgehead atoms. The number of nitrogens with zero attached hydrogens (tertiary/aromatic N) is 4. The first-order chi connectivity index (χ1) is 40.5. The number of rotatable bonds is 12. The van der Waals surface area contributed by atoms with Crippen LogP contribution in [0.25, 0.3) is 0 Å². The number of carboxylic acids is 4. The maximum atomic E-state index is 11.7. The molecule has 0 fully saturated rings. The number of hydrogen-bond donors (Lipinski definition) is 10. The van der Waals surface area contributed by atoms with Gasteiger partial charge in [-0.3, -0.25) is 21.7 Å². The molecule has 0 saturated carbocycles. The van der Waals surface area contributed by atoms with E-state index in [2.05, 4.69) is 42.1 Å². The van der Waals surface area contributed by atoms with Crippen LogP contribution >= 0.6 is 0 Å². The van der Waals surface area contributed by atoms with Crippen LogP contribution in [0.4, 0.5) is 0 Å². The molecule has 12 rings (SSSR count). The first kappa shape index (κ1) is 59.7. The molecule has 424 valence electrons. The minimum Gasteiger partial charge on any atom is -0.544 e. The van der Waals surface area contributed by atoms with E-state index in [9.17, 15) is 60.0 Å². The van der Waals surface area contributed by atoms with Crippen LogP contribution < -0.4 is 31.9 Å². The number of aliphatic carboxylic acids is 4. The van der Waals surface area contributed by atoms with Crippen LogP contribution in [0.2, 0.25) is 0 Å². The number of nitrogens with one attached hydrogen (secondary N) is 4. The number of phenols is 4. The molecule has 25 heteroatoms. The summed E-state index contributed by atoms with van der Waals surface area (Å²) in [6.45, 7) is 0. The average Bonchev–Trinajstić information content (AvgIpc) is 2.23. The summed E-state index contributed by atoms with van der Waals surface area (Å²) in [6, 6.07) is 59.6. The number of hydrogen-bond acceptors (Lipinski definition) is 22. The van der Waals surface area contributed by atoms with Crippen LogP contribution in [0.1, 0.15) is 44.5 Å². The Morgan fingerprint density at radius 2 is 0.506 bits per heavy atom. The van der Waals surface area contributed by atoms with Gasteiger partial charge < -0.3 is 69.4 Å². The van der Waals surface area contributed by atoms with E-state index < -0.39 is 46.8 Å². The van der Waals surface area contributed by atoms with Crippen LogP contribution in [0.3, 0.4) is 0 Å². The Balaban J connectivity index is 0.000000147. The van der Waals surface area contributed by atoms with Crippen molar-refractivity contribution in [1.82, 2.24) is 21.7 Å². The van der Waals surface area contributed by atoms with Gasteiger partial charge in [0.15, 0.2) is 0 Å². The summed E-state index contributed by atoms with van der Waals surface area (Å²) in [5.74, 6) is -5.95. The van der Waals surface area contributed by atoms with Crippen molar-refractivity contribution in [2.24, 2.45) is 20.4 Å². The number of ether oxygens (including phenoxy) is 4. The minimum atomic E-state index is -2.05. The molecule has 0 aliphatic carbocycles. The number of carbonyl (C=O) groups is 4. The summed E-state index contributed by atoms with van der Waals surface area (Å²) in [6.07, 6.45) is 0. The maximum Gasteiger partial charge on any atom is 2.00 e. The predicted molar refractivity (Wildman–Crippen MR) is 293 cm³/mol. The average molecular weight is 1200 g/mol. The molecule has 24 nitrogen and oxygen atoms in total. The molecule has 10 N–H and O–H groups in total. The van der Waals surface area contributed by atoms with E-state index in [0.717, 1.165) is 0 Å². The van der Waals surface area contributed by atoms with E-state index in [1.807, 2.05) is 24.3 Å². The van der Waals surface area contributed by atoms with E-state index in [0.29, 0.717) is 22.3 Å². The van der Waals surface area contributed by atoms with Crippen molar-refractivity contribution in [3.8, 4) is 23.0 Å². The zero-order chi connectivity index (χ0) is 59.5. The largest absolute Gasteiger partial charge is 2.00 e. The Kier molecular flexibility index (Phi) is 17.9. The van der Waals surface area contributed by atoms with Crippen LogP contribution in [0, 0.1) is 0 Å². The van der Waals surface area contributed by atoms with Crippen molar-refractivity contribution in [3.05, 3.63) is 263 Å². The maximum absolute atomic E-state index is 11.7. The zero-order valence-corrected chi connectivity index (χ0v) is 47.0. The molecule has 8 aromatic rings. The Morgan fingerprint density at radius 1 is 0.318 bits per heavy atom. The molecule has 4 aliphatic rings. The van der Waals surface area contributed by atoms with Crippen LogP contribution in [-0.2, 0) is 80.5 Å². The molecule has 0 amide bonds. The van der Waals surface area contributed by atoms with Crippen LogP contribution in [0.5, 0.6) is 23.0 Å². The van der Waals surface area contributed by atoms with Gasteiger partial charge >= 0.3 is 42.9 Å². The van der Waals surface area contributed by atoms with Gasteiger partial charge in [0.05, 0.1) is 22.3 Å². The number of hydrazone groups is 4. The van der Waals surface area contributed by atoms with Gasteiger partial charge in [-0.1, -0.05) is 121 Å². The third kappa shape index (κ3) is 12.1. The number of phenolic OH excluding ortho intramolecular Hbond substituents is 4. The monoisotopic (exact) mass is 1200 g/mol. The Labute approximate surface area is 494 Å². The molecule has 4 heterocycles. The fraction of sp³-hybridized carbons (Fsp3) is 0.0667. The fourth-order valence-corrected chi connectivity index (χ4v) is 8.45. The van der Waals surface area contributed by atoms with Crippen LogP contribution in [0.15, 0.2) is 239 Å². The number of carboxylic acid groups (broad SMARTS) is 4. The topological polar surface area (TPSA) is 370 Å². The first-order valence-electron chi connectivity index (χ1n) is 24.9. The SMILES string of the molecule is O=C(O)C1(c2ccccc2O)NN=C(c2ccccc2)O1.O=C(O)C1(c2ccccc2O)NN=C(c2ccccc2)O1.O=C([O-])C1(c2ccccc2O)NN=C(c2ccccc2)O1.O=C([O-])C1(c2ccccc2O)NN=C(c2ccccc2)O1.[Zn+2]. The van der Waals surface area contributed by atoms with Crippen molar-refractivity contribution in [3.63, 3.8) is 0 Å². The van der Waals surface area contributed by atoms with E-state index in [4.69, 9.17) is 18.9 Å². The minimum absolute atomic E-state index is 0. The molecule has 0 saturated heterocycles. The molecule has 0 spiro atoms. The Bertz CT molecular complexity index is 3370. The number of aromatic hydroxyl groups is 4. The number of benzene rings is 8. The fourth-order valence-electron chi connectivity index (χ4n) is 8.45. The molecule has 4 unspecified atom stereocenters. The molecular weight excluding hydrogens is 1150 g/mol. The second-order valence-corrected chi connectivity index (χ2v) is 18.0.